The van der Waals surface area contributed by atoms with E-state index >= 15 is 0 Å². The highest BCUT2D eigenvalue weighted by atomic mass is 16.6. The lowest BCUT2D eigenvalue weighted by molar-refractivity contribution is -0.157. The van der Waals surface area contributed by atoms with E-state index in [1.165, 1.54) is 6.21 Å². The summed E-state index contributed by atoms with van der Waals surface area (Å²) in [4.78, 5) is 23.7. The van der Waals surface area contributed by atoms with E-state index in [1.807, 2.05) is 25.1 Å². The van der Waals surface area contributed by atoms with E-state index < -0.39 is 11.6 Å². The van der Waals surface area contributed by atoms with Crippen molar-refractivity contribution >= 4 is 18.1 Å². The van der Waals surface area contributed by atoms with Crippen LogP contribution in [-0.4, -0.2) is 30.3 Å². The Balaban J connectivity index is 1.85. The van der Waals surface area contributed by atoms with Gasteiger partial charge in [0.05, 0.1) is 6.21 Å². The number of carbonyl (C=O) groups excluding carboxylic acids is 2. The Morgan fingerprint density at radius 1 is 1.07 bits per heavy atom. The SMILES string of the molecule is Cc1ccccc1C(=O)N/N=C\c1ccc(OCC(=O)OC(C)(C)C)cc1. The van der Waals surface area contributed by atoms with Crippen LogP contribution < -0.4 is 10.2 Å². The van der Waals surface area contributed by atoms with Gasteiger partial charge in [-0.05, 0) is 69.2 Å². The zero-order chi connectivity index (χ0) is 19.9. The molecule has 0 unspecified atom stereocenters. The maximum atomic E-state index is 12.1. The lowest BCUT2D eigenvalue weighted by atomic mass is 10.1. The molecule has 0 aromatic heterocycles. The summed E-state index contributed by atoms with van der Waals surface area (Å²) in [5.74, 6) is -0.143. The first-order valence-corrected chi connectivity index (χ1v) is 8.58. The number of nitrogens with zero attached hydrogens (tertiary/aromatic N) is 1. The van der Waals surface area contributed by atoms with E-state index in [9.17, 15) is 9.59 Å². The third kappa shape index (κ3) is 6.93. The highest BCUT2D eigenvalue weighted by Crippen LogP contribution is 2.12. The Morgan fingerprint density at radius 3 is 2.37 bits per heavy atom. The normalized spacial score (nSPS) is 11.3. The molecule has 27 heavy (non-hydrogen) atoms. The average molecular weight is 368 g/mol. The molecule has 0 heterocycles. The zero-order valence-electron chi connectivity index (χ0n) is 16.0. The predicted octanol–water partition coefficient (Wildman–Crippen LogP) is 3.48. The van der Waals surface area contributed by atoms with Gasteiger partial charge in [0.2, 0.25) is 0 Å². The van der Waals surface area contributed by atoms with Crippen LogP contribution in [0.15, 0.2) is 53.6 Å². The molecule has 1 N–H and O–H groups in total. The number of esters is 1. The third-order valence-electron chi connectivity index (χ3n) is 3.43. The summed E-state index contributed by atoms with van der Waals surface area (Å²) in [6.45, 7) is 7.12. The number of hydrogen-bond acceptors (Lipinski definition) is 5. The summed E-state index contributed by atoms with van der Waals surface area (Å²) in [5, 5.41) is 3.96. The first-order valence-electron chi connectivity index (χ1n) is 8.58. The Hall–Kier alpha value is -3.15. The van der Waals surface area contributed by atoms with Crippen LogP contribution in [0, 0.1) is 6.92 Å². The second kappa shape index (κ2) is 8.98. The smallest absolute Gasteiger partial charge is 0.344 e. The van der Waals surface area contributed by atoms with Gasteiger partial charge in [-0.1, -0.05) is 18.2 Å². The molecule has 0 saturated carbocycles. The number of aryl methyl sites for hydroxylation is 1. The zero-order valence-corrected chi connectivity index (χ0v) is 16.0. The van der Waals surface area contributed by atoms with Gasteiger partial charge in [0.15, 0.2) is 6.61 Å². The molecule has 6 nitrogen and oxygen atoms in total. The Bertz CT molecular complexity index is 821. The van der Waals surface area contributed by atoms with Gasteiger partial charge < -0.3 is 9.47 Å². The standard InChI is InChI=1S/C21H24N2O4/c1-15-7-5-6-8-18(15)20(25)23-22-13-16-9-11-17(12-10-16)26-14-19(24)27-21(2,3)4/h5-13H,14H2,1-4H3,(H,23,25)/b22-13-. The summed E-state index contributed by atoms with van der Waals surface area (Å²) < 4.78 is 10.6. The fraction of sp³-hybridized carbons (Fsp3) is 0.286. The fourth-order valence-corrected chi connectivity index (χ4v) is 2.22. The Morgan fingerprint density at radius 2 is 1.74 bits per heavy atom. The molecule has 2 aromatic rings. The Labute approximate surface area is 159 Å². The van der Waals surface area contributed by atoms with Crippen LogP contribution in [0.25, 0.3) is 0 Å². The molecule has 0 spiro atoms. The fourth-order valence-electron chi connectivity index (χ4n) is 2.22. The molecule has 2 rings (SSSR count). The number of amides is 1. The molecule has 0 radical (unpaired) electrons. The molecule has 0 aliphatic rings. The van der Waals surface area contributed by atoms with E-state index in [0.717, 1.165) is 11.1 Å². The molecule has 0 aliphatic heterocycles. The predicted molar refractivity (Wildman–Crippen MR) is 104 cm³/mol. The molecule has 0 saturated heterocycles. The maximum absolute atomic E-state index is 12.1. The number of ether oxygens (including phenoxy) is 2. The van der Waals surface area contributed by atoms with E-state index in [0.29, 0.717) is 11.3 Å². The summed E-state index contributed by atoms with van der Waals surface area (Å²) in [5.41, 5.74) is 4.22. The van der Waals surface area contributed by atoms with Crippen molar-refractivity contribution in [3.63, 3.8) is 0 Å². The largest absolute Gasteiger partial charge is 0.482 e. The molecule has 0 aliphatic carbocycles. The lowest BCUT2D eigenvalue weighted by Crippen LogP contribution is -2.27. The minimum atomic E-state index is -0.538. The van der Waals surface area contributed by atoms with Crippen molar-refractivity contribution in [3.05, 3.63) is 65.2 Å². The van der Waals surface area contributed by atoms with Crippen molar-refractivity contribution in [1.29, 1.82) is 0 Å². The van der Waals surface area contributed by atoms with Crippen molar-refractivity contribution in [2.75, 3.05) is 6.61 Å². The first-order chi connectivity index (χ1) is 12.7. The molecule has 6 heteroatoms. The van der Waals surface area contributed by atoms with Crippen molar-refractivity contribution in [1.82, 2.24) is 5.43 Å². The highest BCUT2D eigenvalue weighted by Gasteiger charge is 2.16. The molecular formula is C21H24N2O4. The van der Waals surface area contributed by atoms with Gasteiger partial charge in [0, 0.05) is 5.56 Å². The molecule has 1 amide bonds. The lowest BCUT2D eigenvalue weighted by Gasteiger charge is -2.19. The van der Waals surface area contributed by atoms with Crippen LogP contribution in [0.2, 0.25) is 0 Å². The van der Waals surface area contributed by atoms with Crippen LogP contribution in [0.3, 0.4) is 0 Å². The Kier molecular flexibility index (Phi) is 6.71. The monoisotopic (exact) mass is 368 g/mol. The van der Waals surface area contributed by atoms with Crippen LogP contribution in [0.1, 0.15) is 42.3 Å². The molecule has 0 bridgehead atoms. The van der Waals surface area contributed by atoms with Gasteiger partial charge in [-0.25, -0.2) is 10.2 Å². The number of rotatable bonds is 6. The number of hydrogen-bond donors (Lipinski definition) is 1. The van der Waals surface area contributed by atoms with E-state index in [2.05, 4.69) is 10.5 Å². The van der Waals surface area contributed by atoms with Gasteiger partial charge in [0.1, 0.15) is 11.4 Å². The van der Waals surface area contributed by atoms with Crippen LogP contribution in [-0.2, 0) is 9.53 Å². The van der Waals surface area contributed by atoms with Gasteiger partial charge in [0.25, 0.3) is 5.91 Å². The number of carbonyl (C=O) groups is 2. The topological polar surface area (TPSA) is 77.0 Å². The number of hydrazone groups is 1. The molecule has 0 fully saturated rings. The highest BCUT2D eigenvalue weighted by molar-refractivity contribution is 5.96. The minimum absolute atomic E-state index is 0.156. The number of nitrogens with one attached hydrogen (secondary N) is 1. The van der Waals surface area contributed by atoms with Gasteiger partial charge in [-0.15, -0.1) is 0 Å². The summed E-state index contributed by atoms with van der Waals surface area (Å²) >= 11 is 0. The number of benzene rings is 2. The van der Waals surface area contributed by atoms with Crippen LogP contribution >= 0.6 is 0 Å². The molecule has 142 valence electrons. The van der Waals surface area contributed by atoms with Gasteiger partial charge >= 0.3 is 5.97 Å². The second-order valence-electron chi connectivity index (χ2n) is 6.96. The molecular weight excluding hydrogens is 344 g/mol. The van der Waals surface area contributed by atoms with Crippen LogP contribution in [0.5, 0.6) is 5.75 Å². The van der Waals surface area contributed by atoms with Gasteiger partial charge in [-0.3, -0.25) is 4.79 Å². The van der Waals surface area contributed by atoms with E-state index in [-0.39, 0.29) is 12.5 Å². The third-order valence-corrected chi connectivity index (χ3v) is 3.43. The van der Waals surface area contributed by atoms with Crippen LogP contribution in [0.4, 0.5) is 0 Å². The summed E-state index contributed by atoms with van der Waals surface area (Å²) in [7, 11) is 0. The van der Waals surface area contributed by atoms with E-state index in [4.69, 9.17) is 9.47 Å². The van der Waals surface area contributed by atoms with E-state index in [1.54, 1.807) is 51.1 Å². The van der Waals surface area contributed by atoms with Crippen molar-refractivity contribution in [2.24, 2.45) is 5.10 Å². The van der Waals surface area contributed by atoms with Crippen molar-refractivity contribution in [3.8, 4) is 5.75 Å². The van der Waals surface area contributed by atoms with Crippen molar-refractivity contribution < 1.29 is 19.1 Å². The van der Waals surface area contributed by atoms with Crippen molar-refractivity contribution in [2.45, 2.75) is 33.3 Å². The quantitative estimate of drug-likeness (QED) is 0.481. The summed E-state index contributed by atoms with van der Waals surface area (Å²) in [6, 6.07) is 14.3. The molecule has 2 aromatic carbocycles. The average Bonchev–Trinajstić information content (AvgIpc) is 2.60. The maximum Gasteiger partial charge on any atom is 0.344 e. The summed E-state index contributed by atoms with van der Waals surface area (Å²) in [6.07, 6.45) is 1.54. The van der Waals surface area contributed by atoms with Gasteiger partial charge in [-0.2, -0.15) is 5.10 Å². The second-order valence-corrected chi connectivity index (χ2v) is 6.96. The minimum Gasteiger partial charge on any atom is -0.482 e. The first kappa shape index (κ1) is 20.2. The molecule has 0 atom stereocenters.